The maximum atomic E-state index is 12.7. The predicted molar refractivity (Wildman–Crippen MR) is 117 cm³/mol. The summed E-state index contributed by atoms with van der Waals surface area (Å²) in [6, 6.07) is 15.8. The van der Waals surface area contributed by atoms with Crippen LogP contribution < -0.4 is 5.32 Å². The quantitative estimate of drug-likeness (QED) is 0.632. The van der Waals surface area contributed by atoms with Crippen LogP contribution in [0.15, 0.2) is 59.2 Å². The minimum absolute atomic E-state index is 0.0892. The molecule has 2 heterocycles. The molecule has 0 aliphatic carbocycles. The van der Waals surface area contributed by atoms with Gasteiger partial charge in [-0.15, -0.1) is 0 Å². The number of aromatic amines is 1. The van der Waals surface area contributed by atoms with Gasteiger partial charge in [0.2, 0.25) is 5.91 Å². The number of para-hydroxylation sites is 1. The molecule has 1 saturated heterocycles. The molecule has 29 heavy (non-hydrogen) atoms. The number of nitrogens with one attached hydrogen (secondary N) is 2. The topological polar surface area (TPSA) is 68.4 Å². The van der Waals surface area contributed by atoms with Gasteiger partial charge in [0.1, 0.15) is 0 Å². The maximum Gasteiger partial charge on any atom is 0.317 e. The van der Waals surface area contributed by atoms with Crippen molar-refractivity contribution in [2.75, 3.05) is 26.2 Å². The van der Waals surface area contributed by atoms with Crippen LogP contribution >= 0.6 is 15.9 Å². The number of benzene rings is 2. The third kappa shape index (κ3) is 4.62. The van der Waals surface area contributed by atoms with Gasteiger partial charge in [0, 0.05) is 54.3 Å². The molecule has 3 aromatic rings. The average molecular weight is 455 g/mol. The Labute approximate surface area is 178 Å². The molecule has 1 aliphatic heterocycles. The van der Waals surface area contributed by atoms with E-state index in [1.165, 1.54) is 0 Å². The summed E-state index contributed by atoms with van der Waals surface area (Å²) < 4.78 is 0.992. The first-order chi connectivity index (χ1) is 14.1. The Bertz CT molecular complexity index is 1020. The monoisotopic (exact) mass is 454 g/mol. The number of rotatable bonds is 4. The molecular formula is C22H23BrN4O2. The summed E-state index contributed by atoms with van der Waals surface area (Å²) in [6.07, 6.45) is 2.29. The number of H-pyrrole nitrogens is 1. The van der Waals surface area contributed by atoms with Crippen LogP contribution in [0.1, 0.15) is 11.1 Å². The standard InChI is InChI=1S/C22H23BrN4O2/c23-18-5-3-4-16(12-18)14-25-22(29)27-10-8-26(9-11-27)21(28)13-17-15-24-20-7-2-1-6-19(17)20/h1-7,12,15,24H,8-11,13-14H2,(H,25,29). The normalized spacial score (nSPS) is 14.2. The highest BCUT2D eigenvalue weighted by Crippen LogP contribution is 2.19. The highest BCUT2D eigenvalue weighted by atomic mass is 79.9. The zero-order valence-corrected chi connectivity index (χ0v) is 17.6. The second-order valence-corrected chi connectivity index (χ2v) is 8.11. The largest absolute Gasteiger partial charge is 0.361 e. The summed E-state index contributed by atoms with van der Waals surface area (Å²) in [7, 11) is 0. The Balaban J connectivity index is 1.27. The minimum atomic E-state index is -0.0892. The van der Waals surface area contributed by atoms with Crippen LogP contribution in [0.2, 0.25) is 0 Å². The molecule has 3 amide bonds. The Morgan fingerprint density at radius 3 is 2.55 bits per heavy atom. The van der Waals surface area contributed by atoms with Gasteiger partial charge in [-0.05, 0) is 29.3 Å². The van der Waals surface area contributed by atoms with Gasteiger partial charge in [-0.1, -0.05) is 46.3 Å². The third-order valence-corrected chi connectivity index (χ3v) is 5.76. The number of halogens is 1. The second-order valence-electron chi connectivity index (χ2n) is 7.19. The molecule has 0 saturated carbocycles. The summed E-state index contributed by atoms with van der Waals surface area (Å²) in [4.78, 5) is 32.0. The van der Waals surface area contributed by atoms with E-state index < -0.39 is 0 Å². The highest BCUT2D eigenvalue weighted by Gasteiger charge is 2.24. The van der Waals surface area contributed by atoms with E-state index in [0.717, 1.165) is 26.5 Å². The number of hydrogen-bond donors (Lipinski definition) is 2. The van der Waals surface area contributed by atoms with Crippen molar-refractivity contribution < 1.29 is 9.59 Å². The zero-order valence-electron chi connectivity index (χ0n) is 16.0. The Hall–Kier alpha value is -2.80. The number of fused-ring (bicyclic) bond motifs is 1. The molecular weight excluding hydrogens is 432 g/mol. The molecule has 0 atom stereocenters. The molecule has 0 bridgehead atoms. The van der Waals surface area contributed by atoms with E-state index in [1.54, 1.807) is 4.90 Å². The lowest BCUT2D eigenvalue weighted by Gasteiger charge is -2.34. The van der Waals surface area contributed by atoms with E-state index in [4.69, 9.17) is 0 Å². The summed E-state index contributed by atoms with van der Waals surface area (Å²) in [5, 5.41) is 4.04. The Kier molecular flexibility index (Phi) is 5.85. The van der Waals surface area contributed by atoms with Gasteiger partial charge in [-0.25, -0.2) is 4.79 Å². The summed E-state index contributed by atoms with van der Waals surface area (Å²) in [5.41, 5.74) is 3.10. The first-order valence-electron chi connectivity index (χ1n) is 9.70. The average Bonchev–Trinajstić information content (AvgIpc) is 3.15. The fraction of sp³-hybridized carbons (Fsp3) is 0.273. The smallest absolute Gasteiger partial charge is 0.317 e. The Morgan fingerprint density at radius 1 is 1.00 bits per heavy atom. The van der Waals surface area contributed by atoms with Gasteiger partial charge in [0.15, 0.2) is 0 Å². The summed E-state index contributed by atoms with van der Waals surface area (Å²) in [6.45, 7) is 2.70. The van der Waals surface area contributed by atoms with Crippen LogP contribution in [0.3, 0.4) is 0 Å². The molecule has 0 unspecified atom stereocenters. The van der Waals surface area contributed by atoms with Gasteiger partial charge in [-0.3, -0.25) is 4.79 Å². The molecule has 6 nitrogen and oxygen atoms in total. The van der Waals surface area contributed by atoms with E-state index in [0.29, 0.717) is 39.1 Å². The fourth-order valence-electron chi connectivity index (χ4n) is 3.65. The molecule has 150 valence electrons. The van der Waals surface area contributed by atoms with Crippen molar-refractivity contribution in [3.63, 3.8) is 0 Å². The first-order valence-corrected chi connectivity index (χ1v) is 10.5. The molecule has 2 aromatic carbocycles. The van der Waals surface area contributed by atoms with Crippen molar-refractivity contribution in [3.8, 4) is 0 Å². The number of urea groups is 1. The summed E-state index contributed by atoms with van der Waals surface area (Å²) >= 11 is 3.44. The number of aromatic nitrogens is 1. The molecule has 1 fully saturated rings. The van der Waals surface area contributed by atoms with E-state index in [2.05, 4.69) is 26.2 Å². The number of carbonyl (C=O) groups is 2. The van der Waals surface area contributed by atoms with Crippen molar-refractivity contribution in [2.24, 2.45) is 0 Å². The first kappa shape index (κ1) is 19.5. The lowest BCUT2D eigenvalue weighted by atomic mass is 10.1. The van der Waals surface area contributed by atoms with Crippen LogP contribution in [-0.2, 0) is 17.8 Å². The number of piperazine rings is 1. The molecule has 4 rings (SSSR count). The van der Waals surface area contributed by atoms with Gasteiger partial charge in [0.25, 0.3) is 0 Å². The number of carbonyl (C=O) groups excluding carboxylic acids is 2. The van der Waals surface area contributed by atoms with Crippen LogP contribution in [0, 0.1) is 0 Å². The summed E-state index contributed by atoms with van der Waals surface area (Å²) in [5.74, 6) is 0.101. The molecule has 7 heteroatoms. The van der Waals surface area contributed by atoms with Gasteiger partial charge in [-0.2, -0.15) is 0 Å². The van der Waals surface area contributed by atoms with E-state index in [-0.39, 0.29) is 11.9 Å². The molecule has 0 spiro atoms. The number of nitrogens with zero attached hydrogens (tertiary/aromatic N) is 2. The molecule has 1 aliphatic rings. The molecule has 2 N–H and O–H groups in total. The zero-order chi connectivity index (χ0) is 20.2. The van der Waals surface area contributed by atoms with E-state index in [1.807, 2.05) is 59.6 Å². The highest BCUT2D eigenvalue weighted by molar-refractivity contribution is 9.10. The van der Waals surface area contributed by atoms with Crippen molar-refractivity contribution in [1.29, 1.82) is 0 Å². The number of hydrogen-bond acceptors (Lipinski definition) is 2. The second kappa shape index (κ2) is 8.69. The lowest BCUT2D eigenvalue weighted by Crippen LogP contribution is -2.53. The minimum Gasteiger partial charge on any atom is -0.361 e. The van der Waals surface area contributed by atoms with Crippen LogP contribution in [0.25, 0.3) is 10.9 Å². The van der Waals surface area contributed by atoms with Crippen LogP contribution in [-0.4, -0.2) is 52.9 Å². The van der Waals surface area contributed by atoms with Crippen molar-refractivity contribution in [2.45, 2.75) is 13.0 Å². The van der Waals surface area contributed by atoms with E-state index >= 15 is 0 Å². The lowest BCUT2D eigenvalue weighted by molar-refractivity contribution is -0.131. The Morgan fingerprint density at radius 2 is 1.76 bits per heavy atom. The van der Waals surface area contributed by atoms with Crippen molar-refractivity contribution in [3.05, 3.63) is 70.3 Å². The SMILES string of the molecule is O=C(Cc1c[nH]c2ccccc12)N1CCN(C(=O)NCc2cccc(Br)c2)CC1. The molecule has 1 aromatic heterocycles. The number of amides is 3. The molecule has 0 radical (unpaired) electrons. The van der Waals surface area contributed by atoms with Gasteiger partial charge < -0.3 is 20.1 Å². The van der Waals surface area contributed by atoms with Crippen molar-refractivity contribution in [1.82, 2.24) is 20.1 Å². The van der Waals surface area contributed by atoms with Gasteiger partial charge in [0.05, 0.1) is 6.42 Å². The van der Waals surface area contributed by atoms with E-state index in [9.17, 15) is 9.59 Å². The van der Waals surface area contributed by atoms with Gasteiger partial charge >= 0.3 is 6.03 Å². The van der Waals surface area contributed by atoms with Crippen molar-refractivity contribution >= 4 is 38.8 Å². The van der Waals surface area contributed by atoms with Crippen LogP contribution in [0.5, 0.6) is 0 Å². The maximum absolute atomic E-state index is 12.7. The van der Waals surface area contributed by atoms with Crippen LogP contribution in [0.4, 0.5) is 4.79 Å². The predicted octanol–water partition coefficient (Wildman–Crippen LogP) is 3.53. The third-order valence-electron chi connectivity index (χ3n) is 5.27. The fourth-order valence-corrected chi connectivity index (χ4v) is 4.09.